The van der Waals surface area contributed by atoms with E-state index in [4.69, 9.17) is 9.47 Å². The van der Waals surface area contributed by atoms with Crippen molar-refractivity contribution in [1.29, 1.82) is 0 Å². The predicted octanol–water partition coefficient (Wildman–Crippen LogP) is 2.60. The molecule has 118 valence electrons. The summed E-state index contributed by atoms with van der Waals surface area (Å²) in [6, 6.07) is 7.59. The summed E-state index contributed by atoms with van der Waals surface area (Å²) in [6.45, 7) is 3.82. The lowest BCUT2D eigenvalue weighted by atomic mass is 9.77. The molecule has 0 heterocycles. The van der Waals surface area contributed by atoms with Gasteiger partial charge in [0.2, 0.25) is 0 Å². The predicted molar refractivity (Wildman–Crippen MR) is 83.9 cm³/mol. The Hall–Kier alpha value is -1.26. The number of nitrogens with one attached hydrogen (secondary N) is 1. The number of aliphatic hydroxyl groups excluding tert-OH is 1. The maximum Gasteiger partial charge on any atom is 0.119 e. The van der Waals surface area contributed by atoms with Crippen LogP contribution in [0.4, 0.5) is 0 Å². The van der Waals surface area contributed by atoms with Crippen molar-refractivity contribution >= 4 is 0 Å². The molecule has 2 N–H and O–H groups in total. The summed E-state index contributed by atoms with van der Waals surface area (Å²) in [6.07, 6.45) is 4.56. The molecule has 0 spiro atoms. The highest BCUT2D eigenvalue weighted by molar-refractivity contribution is 5.31. The lowest BCUT2D eigenvalue weighted by molar-refractivity contribution is 0.0956. The maximum absolute atomic E-state index is 9.72. The van der Waals surface area contributed by atoms with Crippen LogP contribution < -0.4 is 14.8 Å². The monoisotopic (exact) mass is 293 g/mol. The third-order valence-electron chi connectivity index (χ3n) is 4.32. The van der Waals surface area contributed by atoms with Crippen molar-refractivity contribution in [2.45, 2.75) is 38.1 Å². The molecule has 1 saturated carbocycles. The highest BCUT2D eigenvalue weighted by Crippen LogP contribution is 2.31. The molecule has 2 atom stereocenters. The Morgan fingerprint density at radius 2 is 2.00 bits per heavy atom. The molecule has 0 radical (unpaired) electrons. The van der Waals surface area contributed by atoms with Crippen LogP contribution in [0.3, 0.4) is 0 Å². The van der Waals surface area contributed by atoms with Gasteiger partial charge >= 0.3 is 0 Å². The lowest BCUT2D eigenvalue weighted by Crippen LogP contribution is -2.52. The first-order chi connectivity index (χ1) is 10.2. The number of hydrogen-bond acceptors (Lipinski definition) is 4. The van der Waals surface area contributed by atoms with Crippen LogP contribution in [-0.2, 0) is 0 Å². The molecule has 0 amide bonds. The second-order valence-electron chi connectivity index (χ2n) is 6.09. The minimum absolute atomic E-state index is 0.110. The Morgan fingerprint density at radius 1 is 1.29 bits per heavy atom. The minimum atomic E-state index is -0.110. The van der Waals surface area contributed by atoms with Gasteiger partial charge in [0.25, 0.3) is 0 Å². The van der Waals surface area contributed by atoms with E-state index in [1.54, 1.807) is 7.11 Å². The Labute approximate surface area is 127 Å². The van der Waals surface area contributed by atoms with Crippen molar-refractivity contribution in [1.82, 2.24) is 5.32 Å². The summed E-state index contributed by atoms with van der Waals surface area (Å²) in [5, 5.41) is 13.2. The van der Waals surface area contributed by atoms with Crippen LogP contribution >= 0.6 is 0 Å². The highest BCUT2D eigenvalue weighted by Gasteiger charge is 2.33. The molecule has 1 aliphatic rings. The van der Waals surface area contributed by atoms with Crippen molar-refractivity contribution in [2.75, 3.05) is 26.9 Å². The van der Waals surface area contributed by atoms with Gasteiger partial charge in [-0.2, -0.15) is 0 Å². The molecule has 1 aliphatic carbocycles. The van der Waals surface area contributed by atoms with Gasteiger partial charge in [-0.05, 0) is 43.0 Å². The van der Waals surface area contributed by atoms with E-state index >= 15 is 0 Å². The zero-order valence-corrected chi connectivity index (χ0v) is 13.1. The average Bonchev–Trinajstić information content (AvgIpc) is 2.52. The molecular formula is C17H27NO3. The summed E-state index contributed by atoms with van der Waals surface area (Å²) < 4.78 is 10.8. The molecule has 0 aliphatic heterocycles. The van der Waals surface area contributed by atoms with E-state index in [1.807, 2.05) is 24.3 Å². The normalized spacial score (nSPS) is 25.6. The van der Waals surface area contributed by atoms with Gasteiger partial charge in [-0.3, -0.25) is 0 Å². The van der Waals surface area contributed by atoms with Crippen LogP contribution in [0.1, 0.15) is 32.6 Å². The van der Waals surface area contributed by atoms with Crippen LogP contribution in [0.15, 0.2) is 24.3 Å². The van der Waals surface area contributed by atoms with Crippen LogP contribution in [0.25, 0.3) is 0 Å². The van der Waals surface area contributed by atoms with Gasteiger partial charge in [0.1, 0.15) is 18.1 Å². The zero-order valence-electron chi connectivity index (χ0n) is 13.1. The van der Waals surface area contributed by atoms with Gasteiger partial charge in [-0.1, -0.05) is 19.8 Å². The molecule has 0 saturated heterocycles. The number of benzene rings is 1. The van der Waals surface area contributed by atoms with E-state index in [1.165, 1.54) is 12.8 Å². The molecule has 1 aromatic carbocycles. The first-order valence-corrected chi connectivity index (χ1v) is 7.80. The molecule has 21 heavy (non-hydrogen) atoms. The van der Waals surface area contributed by atoms with Gasteiger partial charge in [-0.15, -0.1) is 0 Å². The van der Waals surface area contributed by atoms with E-state index in [2.05, 4.69) is 12.2 Å². The van der Waals surface area contributed by atoms with E-state index in [-0.39, 0.29) is 12.1 Å². The van der Waals surface area contributed by atoms with Crippen LogP contribution in [-0.4, -0.2) is 37.5 Å². The summed E-state index contributed by atoms with van der Waals surface area (Å²) >= 11 is 0. The Kier molecular flexibility index (Phi) is 5.88. The van der Waals surface area contributed by atoms with Crippen molar-refractivity contribution in [3.8, 4) is 11.5 Å². The number of ether oxygens (including phenoxy) is 2. The molecule has 4 nitrogen and oxygen atoms in total. The minimum Gasteiger partial charge on any atom is -0.497 e. The second kappa shape index (κ2) is 7.66. The summed E-state index contributed by atoms with van der Waals surface area (Å²) in [5.74, 6) is 2.35. The van der Waals surface area contributed by atoms with Crippen molar-refractivity contribution in [3.05, 3.63) is 24.3 Å². The molecule has 0 aromatic heterocycles. The number of methoxy groups -OCH3 is 1. The van der Waals surface area contributed by atoms with Gasteiger partial charge in [-0.25, -0.2) is 0 Å². The second-order valence-corrected chi connectivity index (χ2v) is 6.09. The average molecular weight is 293 g/mol. The first-order valence-electron chi connectivity index (χ1n) is 7.80. The fourth-order valence-corrected chi connectivity index (χ4v) is 3.18. The SMILES string of the molecule is COc1ccc(OCCNC2(CO)CCCC(C)C2)cc1. The quantitative estimate of drug-likeness (QED) is 0.759. The Bertz CT molecular complexity index is 421. The third-order valence-corrected chi connectivity index (χ3v) is 4.32. The molecule has 1 fully saturated rings. The number of aliphatic hydroxyl groups is 1. The number of rotatable bonds is 7. The molecule has 0 bridgehead atoms. The zero-order chi connectivity index (χ0) is 15.1. The van der Waals surface area contributed by atoms with E-state index in [9.17, 15) is 5.11 Å². The summed E-state index contributed by atoms with van der Waals surface area (Å²) in [7, 11) is 1.65. The molecule has 2 unspecified atom stereocenters. The summed E-state index contributed by atoms with van der Waals surface area (Å²) in [5.41, 5.74) is -0.110. The fraction of sp³-hybridized carbons (Fsp3) is 0.647. The van der Waals surface area contributed by atoms with Crippen molar-refractivity contribution in [3.63, 3.8) is 0 Å². The van der Waals surface area contributed by atoms with Crippen molar-refractivity contribution < 1.29 is 14.6 Å². The van der Waals surface area contributed by atoms with E-state index < -0.39 is 0 Å². The Morgan fingerprint density at radius 3 is 2.62 bits per heavy atom. The van der Waals surface area contributed by atoms with Crippen LogP contribution in [0.2, 0.25) is 0 Å². The fourth-order valence-electron chi connectivity index (χ4n) is 3.18. The third kappa shape index (κ3) is 4.61. The first kappa shape index (κ1) is 16.1. The lowest BCUT2D eigenvalue weighted by Gasteiger charge is -2.39. The standard InChI is InChI=1S/C17H27NO3/c1-14-4-3-9-17(12-14,13-19)18-10-11-21-16-7-5-15(20-2)6-8-16/h5-8,14,18-19H,3-4,9-13H2,1-2H3. The number of hydrogen-bond donors (Lipinski definition) is 2. The van der Waals surface area contributed by atoms with E-state index in [0.717, 1.165) is 30.9 Å². The van der Waals surface area contributed by atoms with Gasteiger partial charge in [0.05, 0.1) is 13.7 Å². The largest absolute Gasteiger partial charge is 0.497 e. The van der Waals surface area contributed by atoms with Crippen molar-refractivity contribution in [2.24, 2.45) is 5.92 Å². The highest BCUT2D eigenvalue weighted by atomic mass is 16.5. The van der Waals surface area contributed by atoms with Crippen LogP contribution in [0.5, 0.6) is 11.5 Å². The Balaban J connectivity index is 1.74. The van der Waals surface area contributed by atoms with Gasteiger partial charge < -0.3 is 19.9 Å². The molecule has 4 heteroatoms. The van der Waals surface area contributed by atoms with Gasteiger partial charge in [0.15, 0.2) is 0 Å². The molecule has 1 aromatic rings. The molecular weight excluding hydrogens is 266 g/mol. The smallest absolute Gasteiger partial charge is 0.119 e. The topological polar surface area (TPSA) is 50.7 Å². The van der Waals surface area contributed by atoms with Crippen LogP contribution in [0, 0.1) is 5.92 Å². The summed E-state index contributed by atoms with van der Waals surface area (Å²) in [4.78, 5) is 0. The van der Waals surface area contributed by atoms with Gasteiger partial charge in [0, 0.05) is 12.1 Å². The molecule has 2 rings (SSSR count). The van der Waals surface area contributed by atoms with E-state index in [0.29, 0.717) is 12.5 Å². The maximum atomic E-state index is 9.72.